The minimum absolute atomic E-state index is 0.0133. The van der Waals surface area contributed by atoms with Crippen LogP contribution in [0, 0.1) is 0 Å². The molecule has 0 atom stereocenters. The highest BCUT2D eigenvalue weighted by Gasteiger charge is 2.54. The highest BCUT2D eigenvalue weighted by atomic mass is 79.9. The van der Waals surface area contributed by atoms with E-state index in [1.165, 1.54) is 0 Å². The molecule has 0 unspecified atom stereocenters. The molecule has 2 aliphatic rings. The number of piperidine rings is 1. The Morgan fingerprint density at radius 3 is 2.26 bits per heavy atom. The van der Waals surface area contributed by atoms with Gasteiger partial charge in [-0.05, 0) is 55.2 Å². The average Bonchev–Trinajstić information content (AvgIpc) is 3.20. The van der Waals surface area contributed by atoms with Gasteiger partial charge in [-0.25, -0.2) is 0 Å². The van der Waals surface area contributed by atoms with Crippen LogP contribution in [0.15, 0.2) is 89.4 Å². The molecule has 0 aliphatic carbocycles. The molecular weight excluding hydrogens is 544 g/mol. The van der Waals surface area contributed by atoms with E-state index in [-0.39, 0.29) is 24.3 Å². The van der Waals surface area contributed by atoms with Crippen LogP contribution < -0.4 is 10.2 Å². The Labute approximate surface area is 231 Å². The van der Waals surface area contributed by atoms with Crippen molar-refractivity contribution in [3.8, 4) is 0 Å². The van der Waals surface area contributed by atoms with E-state index in [0.717, 1.165) is 22.1 Å². The van der Waals surface area contributed by atoms with Crippen molar-refractivity contribution in [1.82, 2.24) is 15.1 Å². The van der Waals surface area contributed by atoms with Crippen molar-refractivity contribution >= 4 is 39.3 Å². The second-order valence-electron chi connectivity index (χ2n) is 9.83. The third-order valence-corrected chi connectivity index (χ3v) is 7.94. The molecule has 2 heterocycles. The molecule has 3 amide bonds. The quantitative estimate of drug-likeness (QED) is 0.461. The van der Waals surface area contributed by atoms with Crippen LogP contribution in [0.5, 0.6) is 0 Å². The summed E-state index contributed by atoms with van der Waals surface area (Å²) in [5.41, 5.74) is 1.95. The minimum atomic E-state index is -0.778. The van der Waals surface area contributed by atoms with Crippen molar-refractivity contribution < 1.29 is 14.4 Å². The van der Waals surface area contributed by atoms with E-state index in [2.05, 4.69) is 26.1 Å². The van der Waals surface area contributed by atoms with E-state index in [1.807, 2.05) is 89.8 Å². The molecular formula is C30H31BrN4O3. The summed E-state index contributed by atoms with van der Waals surface area (Å²) in [5.74, 6) is -0.247. The smallest absolute Gasteiger partial charge is 0.253 e. The number of carbonyl (C=O) groups excluding carboxylic acids is 3. The summed E-state index contributed by atoms with van der Waals surface area (Å²) in [7, 11) is 0. The third kappa shape index (κ3) is 5.45. The molecule has 7 nitrogen and oxygen atoms in total. The first-order chi connectivity index (χ1) is 18.5. The fourth-order valence-electron chi connectivity index (χ4n) is 5.43. The zero-order chi connectivity index (χ0) is 26.5. The normalized spacial score (nSPS) is 16.7. The fraction of sp³-hybridized carbons (Fsp3) is 0.300. The molecule has 2 aliphatic heterocycles. The number of halogens is 1. The number of nitrogens with one attached hydrogen (secondary N) is 1. The Bertz CT molecular complexity index is 1290. The molecule has 2 saturated heterocycles. The van der Waals surface area contributed by atoms with Crippen molar-refractivity contribution in [2.75, 3.05) is 37.7 Å². The number of anilines is 1. The first-order valence-corrected chi connectivity index (χ1v) is 13.7. The largest absolute Gasteiger partial charge is 0.354 e. The lowest BCUT2D eigenvalue weighted by molar-refractivity contribution is -0.137. The molecule has 0 aromatic heterocycles. The van der Waals surface area contributed by atoms with Gasteiger partial charge in [-0.2, -0.15) is 0 Å². The molecule has 3 aromatic carbocycles. The Morgan fingerprint density at radius 2 is 1.58 bits per heavy atom. The molecule has 0 radical (unpaired) electrons. The van der Waals surface area contributed by atoms with Gasteiger partial charge in [-0.15, -0.1) is 0 Å². The van der Waals surface area contributed by atoms with E-state index in [0.29, 0.717) is 44.7 Å². The van der Waals surface area contributed by atoms with Crippen molar-refractivity contribution in [2.45, 2.75) is 24.8 Å². The molecule has 8 heteroatoms. The molecule has 5 rings (SSSR count). The SMILES string of the molecule is O=C(CN1CN(c2ccccc2)C2(CCN(C(=O)c3cccc(Br)c3)CC2)C1=O)NCCc1ccccc1. The predicted octanol–water partition coefficient (Wildman–Crippen LogP) is 4.09. The molecule has 196 valence electrons. The highest BCUT2D eigenvalue weighted by molar-refractivity contribution is 9.10. The second-order valence-corrected chi connectivity index (χ2v) is 10.7. The number of likely N-dealkylation sites (tertiary alicyclic amines) is 1. The number of rotatable bonds is 7. The molecule has 0 bridgehead atoms. The summed E-state index contributed by atoms with van der Waals surface area (Å²) in [6, 6.07) is 27.2. The van der Waals surface area contributed by atoms with Gasteiger partial charge in [-0.3, -0.25) is 14.4 Å². The second kappa shape index (κ2) is 11.4. The predicted molar refractivity (Wildman–Crippen MR) is 151 cm³/mol. The van der Waals surface area contributed by atoms with Crippen molar-refractivity contribution in [2.24, 2.45) is 0 Å². The van der Waals surface area contributed by atoms with Crippen LogP contribution in [-0.4, -0.2) is 65.9 Å². The van der Waals surface area contributed by atoms with Gasteiger partial charge < -0.3 is 20.0 Å². The standard InChI is InChI=1S/C30H31BrN4O3/c31-25-11-7-10-24(20-25)28(37)33-18-15-30(16-19-33)29(38)34(22-35(30)26-12-5-2-6-13-26)21-27(36)32-17-14-23-8-3-1-4-9-23/h1-13,20H,14-19,21-22H2,(H,32,36). The zero-order valence-electron chi connectivity index (χ0n) is 21.2. The van der Waals surface area contributed by atoms with Crippen molar-refractivity contribution in [1.29, 1.82) is 0 Å². The molecule has 1 spiro atoms. The zero-order valence-corrected chi connectivity index (χ0v) is 22.8. The lowest BCUT2D eigenvalue weighted by Crippen LogP contribution is -2.57. The van der Waals surface area contributed by atoms with Crippen molar-refractivity contribution in [3.63, 3.8) is 0 Å². The summed E-state index contributed by atoms with van der Waals surface area (Å²) in [4.78, 5) is 45.4. The van der Waals surface area contributed by atoms with Crippen LogP contribution in [0.25, 0.3) is 0 Å². The lowest BCUT2D eigenvalue weighted by atomic mass is 9.85. The third-order valence-electron chi connectivity index (χ3n) is 7.44. The Hall–Kier alpha value is -3.65. The Kier molecular flexibility index (Phi) is 7.79. The average molecular weight is 576 g/mol. The van der Waals surface area contributed by atoms with Gasteiger partial charge in [0, 0.05) is 35.4 Å². The Balaban J connectivity index is 1.27. The summed E-state index contributed by atoms with van der Waals surface area (Å²) in [5, 5.41) is 2.96. The number of benzene rings is 3. The van der Waals surface area contributed by atoms with E-state index < -0.39 is 5.54 Å². The number of para-hydroxylation sites is 1. The maximum atomic E-state index is 13.9. The molecule has 2 fully saturated rings. The van der Waals surface area contributed by atoms with Crippen LogP contribution in [0.4, 0.5) is 5.69 Å². The molecule has 38 heavy (non-hydrogen) atoms. The summed E-state index contributed by atoms with van der Waals surface area (Å²) in [6.07, 6.45) is 1.75. The van der Waals surface area contributed by atoms with Gasteiger partial charge in [0.05, 0.1) is 6.67 Å². The van der Waals surface area contributed by atoms with Gasteiger partial charge in [-0.1, -0.05) is 70.5 Å². The Morgan fingerprint density at radius 1 is 0.895 bits per heavy atom. The lowest BCUT2D eigenvalue weighted by Gasteiger charge is -2.43. The maximum absolute atomic E-state index is 13.9. The van der Waals surface area contributed by atoms with Crippen LogP contribution in [0.3, 0.4) is 0 Å². The van der Waals surface area contributed by atoms with E-state index in [4.69, 9.17) is 0 Å². The van der Waals surface area contributed by atoms with Gasteiger partial charge >= 0.3 is 0 Å². The number of carbonyl (C=O) groups is 3. The molecule has 3 aromatic rings. The van der Waals surface area contributed by atoms with E-state index in [9.17, 15) is 14.4 Å². The van der Waals surface area contributed by atoms with Crippen LogP contribution in [-0.2, 0) is 16.0 Å². The number of hydrogen-bond acceptors (Lipinski definition) is 4. The first kappa shape index (κ1) is 26.0. The minimum Gasteiger partial charge on any atom is -0.354 e. The molecule has 1 N–H and O–H groups in total. The van der Waals surface area contributed by atoms with Crippen molar-refractivity contribution in [3.05, 3.63) is 101 Å². The highest BCUT2D eigenvalue weighted by Crippen LogP contribution is 2.39. The molecule has 0 saturated carbocycles. The van der Waals surface area contributed by atoms with Crippen LogP contribution >= 0.6 is 15.9 Å². The first-order valence-electron chi connectivity index (χ1n) is 12.9. The van der Waals surface area contributed by atoms with Gasteiger partial charge in [0.1, 0.15) is 12.1 Å². The fourth-order valence-corrected chi connectivity index (χ4v) is 5.83. The summed E-state index contributed by atoms with van der Waals surface area (Å²) >= 11 is 3.44. The van der Waals surface area contributed by atoms with Crippen LogP contribution in [0.2, 0.25) is 0 Å². The number of nitrogens with zero attached hydrogens (tertiary/aromatic N) is 3. The van der Waals surface area contributed by atoms with E-state index in [1.54, 1.807) is 4.90 Å². The van der Waals surface area contributed by atoms with Gasteiger partial charge in [0.2, 0.25) is 5.91 Å². The summed E-state index contributed by atoms with van der Waals surface area (Å²) in [6.45, 7) is 1.81. The monoisotopic (exact) mass is 574 g/mol. The number of amides is 3. The number of hydrogen-bond donors (Lipinski definition) is 1. The van der Waals surface area contributed by atoms with Gasteiger partial charge in [0.15, 0.2) is 0 Å². The van der Waals surface area contributed by atoms with Gasteiger partial charge in [0.25, 0.3) is 11.8 Å². The van der Waals surface area contributed by atoms with E-state index >= 15 is 0 Å². The maximum Gasteiger partial charge on any atom is 0.253 e. The topological polar surface area (TPSA) is 73.0 Å². The van der Waals surface area contributed by atoms with Crippen LogP contribution in [0.1, 0.15) is 28.8 Å². The summed E-state index contributed by atoms with van der Waals surface area (Å²) < 4.78 is 0.857.